The Labute approximate surface area is 119 Å². The average molecular weight is 269 g/mol. The van der Waals surface area contributed by atoms with E-state index in [9.17, 15) is 0 Å². The number of nitrogens with two attached hydrogens (primary N) is 1. The summed E-state index contributed by atoms with van der Waals surface area (Å²) in [4.78, 5) is 6.65. The van der Waals surface area contributed by atoms with Crippen molar-refractivity contribution in [2.24, 2.45) is 5.84 Å². The first-order valence-electron chi connectivity index (χ1n) is 6.58. The minimum atomic E-state index is 0.192. The van der Waals surface area contributed by atoms with Gasteiger partial charge in [-0.25, -0.2) is 10.8 Å². The fourth-order valence-corrected chi connectivity index (χ4v) is 2.12. The number of nitrogen functional groups attached to an aromatic ring is 1. The number of hydrogen-bond acceptors (Lipinski definition) is 5. The highest BCUT2D eigenvalue weighted by Gasteiger charge is 2.13. The van der Waals surface area contributed by atoms with Crippen LogP contribution < -0.4 is 11.3 Å². The average Bonchev–Trinajstić information content (AvgIpc) is 2.46. The molecule has 0 fully saturated rings. The molecule has 0 aliphatic rings. The first kappa shape index (κ1) is 14.3. The van der Waals surface area contributed by atoms with E-state index < -0.39 is 0 Å². The van der Waals surface area contributed by atoms with Crippen LogP contribution >= 0.6 is 0 Å². The van der Waals surface area contributed by atoms with Crippen molar-refractivity contribution in [3.63, 3.8) is 0 Å². The zero-order valence-electron chi connectivity index (χ0n) is 11.8. The summed E-state index contributed by atoms with van der Waals surface area (Å²) in [6, 6.07) is 12.4. The number of rotatable bonds is 5. The maximum absolute atomic E-state index is 8.77. The number of nitrogens with zero attached hydrogens (tertiary/aromatic N) is 3. The van der Waals surface area contributed by atoms with Gasteiger partial charge >= 0.3 is 0 Å². The highest BCUT2D eigenvalue weighted by Crippen LogP contribution is 2.21. The number of benzene rings is 1. The van der Waals surface area contributed by atoms with Gasteiger partial charge in [0.05, 0.1) is 18.0 Å². The minimum absolute atomic E-state index is 0.192. The van der Waals surface area contributed by atoms with E-state index in [-0.39, 0.29) is 6.04 Å². The predicted octanol–water partition coefficient (Wildman–Crippen LogP) is 2.25. The zero-order chi connectivity index (χ0) is 14.5. The molecule has 3 N–H and O–H groups in total. The van der Waals surface area contributed by atoms with E-state index in [4.69, 9.17) is 11.1 Å². The SMILES string of the molecule is CC(CC#N)N(C)Cc1cc2ccccc2nc1NN. The van der Waals surface area contributed by atoms with Gasteiger partial charge < -0.3 is 5.43 Å². The quantitative estimate of drug-likeness (QED) is 0.643. The molecule has 1 heterocycles. The molecule has 0 bridgehead atoms. The van der Waals surface area contributed by atoms with Gasteiger partial charge in [-0.05, 0) is 26.1 Å². The lowest BCUT2D eigenvalue weighted by atomic mass is 10.1. The van der Waals surface area contributed by atoms with Crippen LogP contribution in [0.25, 0.3) is 10.9 Å². The first-order chi connectivity index (χ1) is 9.65. The molecule has 0 saturated heterocycles. The van der Waals surface area contributed by atoms with Crippen LogP contribution in [0, 0.1) is 11.3 Å². The first-order valence-corrected chi connectivity index (χ1v) is 6.58. The summed E-state index contributed by atoms with van der Waals surface area (Å²) in [7, 11) is 2.00. The lowest BCUT2D eigenvalue weighted by molar-refractivity contribution is 0.252. The van der Waals surface area contributed by atoms with Crippen molar-refractivity contribution in [2.75, 3.05) is 12.5 Å². The van der Waals surface area contributed by atoms with Crippen LogP contribution in [0.2, 0.25) is 0 Å². The van der Waals surface area contributed by atoms with Crippen molar-refractivity contribution in [2.45, 2.75) is 25.9 Å². The third-order valence-corrected chi connectivity index (χ3v) is 3.50. The van der Waals surface area contributed by atoms with Crippen LogP contribution in [0.5, 0.6) is 0 Å². The Morgan fingerprint density at radius 3 is 2.90 bits per heavy atom. The normalized spacial score (nSPS) is 12.3. The Morgan fingerprint density at radius 1 is 1.45 bits per heavy atom. The Morgan fingerprint density at radius 2 is 2.20 bits per heavy atom. The fraction of sp³-hybridized carbons (Fsp3) is 0.333. The number of hydrogen-bond donors (Lipinski definition) is 2. The van der Waals surface area contributed by atoms with Crippen LogP contribution in [-0.4, -0.2) is 23.0 Å². The van der Waals surface area contributed by atoms with Gasteiger partial charge in [0.2, 0.25) is 0 Å². The molecule has 1 aromatic heterocycles. The standard InChI is InChI=1S/C15H19N5/c1-11(7-8-16)20(2)10-13-9-12-5-3-4-6-14(12)18-15(13)19-17/h3-6,9,11H,7,10,17H2,1-2H3,(H,18,19). The van der Waals surface area contributed by atoms with Crippen molar-refractivity contribution >= 4 is 16.7 Å². The number of pyridine rings is 1. The Balaban J connectivity index is 2.31. The van der Waals surface area contributed by atoms with Crippen molar-refractivity contribution in [3.8, 4) is 6.07 Å². The van der Waals surface area contributed by atoms with Gasteiger partial charge in [0, 0.05) is 23.5 Å². The van der Waals surface area contributed by atoms with E-state index in [0.29, 0.717) is 18.8 Å². The van der Waals surface area contributed by atoms with Gasteiger partial charge in [-0.15, -0.1) is 0 Å². The number of para-hydroxylation sites is 1. The Bertz CT molecular complexity index is 632. The minimum Gasteiger partial charge on any atom is -0.308 e. The second-order valence-corrected chi connectivity index (χ2v) is 4.96. The number of anilines is 1. The summed E-state index contributed by atoms with van der Waals surface area (Å²) in [5.74, 6) is 6.25. The van der Waals surface area contributed by atoms with Crippen LogP contribution in [0.15, 0.2) is 30.3 Å². The molecule has 2 aromatic rings. The molecule has 0 radical (unpaired) electrons. The largest absolute Gasteiger partial charge is 0.308 e. The molecule has 2 rings (SSSR count). The Hall–Kier alpha value is -2.16. The van der Waals surface area contributed by atoms with Gasteiger partial charge in [-0.2, -0.15) is 5.26 Å². The van der Waals surface area contributed by atoms with E-state index >= 15 is 0 Å². The summed E-state index contributed by atoms with van der Waals surface area (Å²) < 4.78 is 0. The molecule has 20 heavy (non-hydrogen) atoms. The Kier molecular flexibility index (Phi) is 4.51. The van der Waals surface area contributed by atoms with E-state index in [2.05, 4.69) is 27.4 Å². The third kappa shape index (κ3) is 3.05. The van der Waals surface area contributed by atoms with Gasteiger partial charge in [0.15, 0.2) is 0 Å². The smallest absolute Gasteiger partial charge is 0.145 e. The number of aromatic nitrogens is 1. The van der Waals surface area contributed by atoms with Crippen molar-refractivity contribution in [1.29, 1.82) is 5.26 Å². The molecular formula is C15H19N5. The molecule has 0 saturated carbocycles. The summed E-state index contributed by atoms with van der Waals surface area (Å²) in [5, 5.41) is 9.86. The highest BCUT2D eigenvalue weighted by atomic mass is 15.3. The van der Waals surface area contributed by atoms with E-state index in [1.54, 1.807) is 0 Å². The second kappa shape index (κ2) is 6.33. The van der Waals surface area contributed by atoms with Crippen LogP contribution in [0.4, 0.5) is 5.82 Å². The van der Waals surface area contributed by atoms with Gasteiger partial charge in [-0.1, -0.05) is 18.2 Å². The zero-order valence-corrected chi connectivity index (χ0v) is 11.8. The van der Waals surface area contributed by atoms with Crippen LogP contribution in [0.3, 0.4) is 0 Å². The van der Waals surface area contributed by atoms with E-state index in [1.807, 2.05) is 38.2 Å². The molecule has 1 aromatic carbocycles. The third-order valence-electron chi connectivity index (χ3n) is 3.50. The topological polar surface area (TPSA) is 78.0 Å². The summed E-state index contributed by atoms with van der Waals surface area (Å²) in [6.07, 6.45) is 0.503. The van der Waals surface area contributed by atoms with Crippen molar-refractivity contribution in [3.05, 3.63) is 35.9 Å². The molecule has 1 unspecified atom stereocenters. The molecule has 0 spiro atoms. The molecule has 1 atom stereocenters. The van der Waals surface area contributed by atoms with Crippen molar-refractivity contribution < 1.29 is 0 Å². The van der Waals surface area contributed by atoms with Crippen LogP contribution in [0.1, 0.15) is 18.9 Å². The van der Waals surface area contributed by atoms with Gasteiger partial charge in [0.1, 0.15) is 5.82 Å². The number of hydrazine groups is 1. The maximum atomic E-state index is 8.77. The summed E-state index contributed by atoms with van der Waals surface area (Å²) in [5.41, 5.74) is 4.60. The fourth-order valence-electron chi connectivity index (χ4n) is 2.12. The lowest BCUT2D eigenvalue weighted by Crippen LogP contribution is -2.29. The summed E-state index contributed by atoms with van der Waals surface area (Å²) >= 11 is 0. The number of nitrogens with one attached hydrogen (secondary N) is 1. The van der Waals surface area contributed by atoms with Crippen molar-refractivity contribution in [1.82, 2.24) is 9.88 Å². The molecule has 5 nitrogen and oxygen atoms in total. The molecular weight excluding hydrogens is 250 g/mol. The number of fused-ring (bicyclic) bond motifs is 1. The lowest BCUT2D eigenvalue weighted by Gasteiger charge is -2.23. The van der Waals surface area contributed by atoms with E-state index in [1.165, 1.54) is 0 Å². The molecule has 104 valence electrons. The predicted molar refractivity (Wildman–Crippen MR) is 80.7 cm³/mol. The maximum Gasteiger partial charge on any atom is 0.145 e. The number of nitriles is 1. The van der Waals surface area contributed by atoms with Crippen LogP contribution in [-0.2, 0) is 6.54 Å². The molecule has 0 aliphatic heterocycles. The molecule has 0 amide bonds. The van der Waals surface area contributed by atoms with Gasteiger partial charge in [0.25, 0.3) is 0 Å². The summed E-state index contributed by atoms with van der Waals surface area (Å²) in [6.45, 7) is 2.73. The molecule has 0 aliphatic carbocycles. The monoisotopic (exact) mass is 269 g/mol. The van der Waals surface area contributed by atoms with Gasteiger partial charge in [-0.3, -0.25) is 4.90 Å². The molecule has 5 heteroatoms. The second-order valence-electron chi connectivity index (χ2n) is 4.96. The highest BCUT2D eigenvalue weighted by molar-refractivity contribution is 5.81. The van der Waals surface area contributed by atoms with E-state index in [0.717, 1.165) is 16.5 Å².